The number of carbonyl (C=O) groups is 1. The summed E-state index contributed by atoms with van der Waals surface area (Å²) in [7, 11) is 0. The lowest BCUT2D eigenvalue weighted by molar-refractivity contribution is 0.112. The summed E-state index contributed by atoms with van der Waals surface area (Å²) < 4.78 is 0.967. The third kappa shape index (κ3) is 3.91. The van der Waals surface area contributed by atoms with E-state index in [1.165, 1.54) is 10.5 Å². The van der Waals surface area contributed by atoms with Gasteiger partial charge in [0.1, 0.15) is 0 Å². The van der Waals surface area contributed by atoms with E-state index in [4.69, 9.17) is 0 Å². The van der Waals surface area contributed by atoms with Gasteiger partial charge in [-0.1, -0.05) is 94.9 Å². The van der Waals surface area contributed by atoms with Gasteiger partial charge in [0.05, 0.1) is 0 Å². The number of benzene rings is 1. The van der Waals surface area contributed by atoms with Crippen LogP contribution in [0.4, 0.5) is 0 Å². The predicted molar refractivity (Wildman–Crippen MR) is 122 cm³/mol. The van der Waals surface area contributed by atoms with Crippen molar-refractivity contribution in [3.8, 4) is 11.1 Å². The Morgan fingerprint density at radius 1 is 0.893 bits per heavy atom. The van der Waals surface area contributed by atoms with Gasteiger partial charge in [0.2, 0.25) is 0 Å². The van der Waals surface area contributed by atoms with Gasteiger partial charge in [-0.15, -0.1) is 11.8 Å². The Morgan fingerprint density at radius 2 is 1.57 bits per heavy atom. The van der Waals surface area contributed by atoms with Gasteiger partial charge in [-0.2, -0.15) is 0 Å². The SMILES string of the molecule is O=Cc1cc(Br)c2c(C(Sc3ccccc3)C3C=CC=CC=C3)ccccc1-2. The molecule has 0 radical (unpaired) electrons. The molecule has 1 aromatic rings. The van der Waals surface area contributed by atoms with E-state index in [9.17, 15) is 4.79 Å². The van der Waals surface area contributed by atoms with Crippen LogP contribution in [0, 0.1) is 5.92 Å². The molecule has 0 amide bonds. The predicted octanol–water partition coefficient (Wildman–Crippen LogP) is 7.50. The van der Waals surface area contributed by atoms with Crippen molar-refractivity contribution in [2.45, 2.75) is 10.1 Å². The first-order valence-corrected chi connectivity index (χ1v) is 10.8. The molecule has 0 fully saturated rings. The van der Waals surface area contributed by atoms with Crippen molar-refractivity contribution in [3.63, 3.8) is 0 Å². The fourth-order valence-corrected chi connectivity index (χ4v) is 5.49. The third-order valence-corrected chi connectivity index (χ3v) is 6.82. The zero-order valence-corrected chi connectivity index (χ0v) is 17.6. The van der Waals surface area contributed by atoms with E-state index in [1.54, 1.807) is 0 Å². The van der Waals surface area contributed by atoms with Gasteiger partial charge in [0, 0.05) is 31.7 Å². The van der Waals surface area contributed by atoms with Crippen LogP contribution in [0.3, 0.4) is 0 Å². The second kappa shape index (κ2) is 8.76. The van der Waals surface area contributed by atoms with E-state index in [2.05, 4.69) is 88.8 Å². The van der Waals surface area contributed by atoms with Crippen molar-refractivity contribution < 1.29 is 4.79 Å². The second-order valence-electron chi connectivity index (χ2n) is 6.61. The van der Waals surface area contributed by atoms with E-state index < -0.39 is 0 Å². The van der Waals surface area contributed by atoms with Crippen LogP contribution in [0.15, 0.2) is 106 Å². The van der Waals surface area contributed by atoms with Gasteiger partial charge in [-0.05, 0) is 29.3 Å². The first kappa shape index (κ1) is 19.0. The molecule has 0 aromatic heterocycles. The topological polar surface area (TPSA) is 17.1 Å². The number of carbonyl (C=O) groups excluding carboxylic acids is 1. The zero-order valence-electron chi connectivity index (χ0n) is 15.2. The summed E-state index contributed by atoms with van der Waals surface area (Å²) >= 11 is 5.56. The molecule has 138 valence electrons. The summed E-state index contributed by atoms with van der Waals surface area (Å²) in [5.74, 6) is 0.229. The molecule has 3 aliphatic rings. The molecule has 0 bridgehead atoms. The highest BCUT2D eigenvalue weighted by Gasteiger charge is 2.27. The largest absolute Gasteiger partial charge is 0.298 e. The number of rotatable bonds is 5. The number of hydrogen-bond donors (Lipinski definition) is 0. The van der Waals surface area contributed by atoms with Crippen molar-refractivity contribution in [1.82, 2.24) is 0 Å². The Bertz CT molecular complexity index is 1020. The molecule has 1 nitrogen and oxygen atoms in total. The highest BCUT2D eigenvalue weighted by Crippen LogP contribution is 2.48. The standard InChI is InChI=1S/C25H19BrOS/c26-23-16-19(17-27)21-14-8-9-15-22(24(21)23)25(18-10-4-1-2-5-11-18)28-20-12-6-3-7-13-20/h1-18,25H. The van der Waals surface area contributed by atoms with Crippen LogP contribution in [0.2, 0.25) is 0 Å². The van der Waals surface area contributed by atoms with Gasteiger partial charge in [0.25, 0.3) is 0 Å². The maximum atomic E-state index is 11.6. The van der Waals surface area contributed by atoms with E-state index in [1.807, 2.05) is 36.0 Å². The van der Waals surface area contributed by atoms with Crippen LogP contribution in [-0.2, 0) is 0 Å². The lowest BCUT2D eigenvalue weighted by Crippen LogP contribution is -2.06. The fourth-order valence-electron chi connectivity index (χ4n) is 3.54. The van der Waals surface area contributed by atoms with Crippen LogP contribution in [-0.4, -0.2) is 6.29 Å². The average Bonchev–Trinajstić information content (AvgIpc) is 2.95. The third-order valence-electron chi connectivity index (χ3n) is 4.83. The minimum Gasteiger partial charge on any atom is -0.298 e. The molecule has 0 aliphatic heterocycles. The molecule has 1 atom stereocenters. The molecule has 1 aromatic carbocycles. The van der Waals surface area contributed by atoms with E-state index in [0.717, 1.165) is 27.4 Å². The quantitative estimate of drug-likeness (QED) is 0.298. The van der Waals surface area contributed by atoms with E-state index in [0.29, 0.717) is 0 Å². The number of thioether (sulfide) groups is 1. The molecule has 4 rings (SSSR count). The molecule has 0 saturated carbocycles. The van der Waals surface area contributed by atoms with Crippen molar-refractivity contribution in [3.05, 3.63) is 113 Å². The maximum Gasteiger partial charge on any atom is 0.150 e. The molecule has 0 spiro atoms. The normalized spacial score (nSPS) is 14.9. The van der Waals surface area contributed by atoms with Crippen molar-refractivity contribution in [1.29, 1.82) is 0 Å². The number of fused-ring (bicyclic) bond motifs is 1. The molecule has 1 unspecified atom stereocenters. The Balaban J connectivity index is 1.87. The Kier molecular flexibility index (Phi) is 5.94. The summed E-state index contributed by atoms with van der Waals surface area (Å²) in [5.41, 5.74) is 4.03. The summed E-state index contributed by atoms with van der Waals surface area (Å²) in [5, 5.41) is 0.169. The van der Waals surface area contributed by atoms with Crippen molar-refractivity contribution in [2.75, 3.05) is 0 Å². The molecule has 3 heteroatoms. The first-order chi connectivity index (χ1) is 13.8. The smallest absolute Gasteiger partial charge is 0.150 e. The summed E-state index contributed by atoms with van der Waals surface area (Å²) in [4.78, 5) is 12.8. The highest BCUT2D eigenvalue weighted by atomic mass is 79.9. The van der Waals surface area contributed by atoms with Crippen molar-refractivity contribution >= 4 is 34.0 Å². The lowest BCUT2D eigenvalue weighted by atomic mass is 9.94. The molecule has 0 saturated heterocycles. The lowest BCUT2D eigenvalue weighted by Gasteiger charge is -2.24. The fraction of sp³-hybridized carbons (Fsp3) is 0.0800. The number of hydrogen-bond acceptors (Lipinski definition) is 2. The minimum atomic E-state index is 0.169. The summed E-state index contributed by atoms with van der Waals surface area (Å²) in [6.07, 6.45) is 13.8. The minimum absolute atomic E-state index is 0.169. The Morgan fingerprint density at radius 3 is 2.29 bits per heavy atom. The van der Waals surface area contributed by atoms with Crippen LogP contribution in [0.1, 0.15) is 21.2 Å². The summed E-state index contributed by atoms with van der Waals surface area (Å²) in [6.45, 7) is 0. The Labute approximate surface area is 178 Å². The first-order valence-electron chi connectivity index (χ1n) is 9.17. The molecule has 3 aliphatic carbocycles. The second-order valence-corrected chi connectivity index (χ2v) is 8.68. The van der Waals surface area contributed by atoms with Crippen molar-refractivity contribution in [2.24, 2.45) is 5.92 Å². The molecular formula is C25H19BrOS. The van der Waals surface area contributed by atoms with Gasteiger partial charge in [-0.3, -0.25) is 4.79 Å². The van der Waals surface area contributed by atoms with Gasteiger partial charge < -0.3 is 0 Å². The summed E-state index contributed by atoms with van der Waals surface area (Å²) in [6, 6.07) is 20.7. The van der Waals surface area contributed by atoms with Crippen LogP contribution >= 0.6 is 27.7 Å². The Hall–Kier alpha value is -2.36. The van der Waals surface area contributed by atoms with E-state index >= 15 is 0 Å². The zero-order chi connectivity index (χ0) is 19.3. The number of allylic oxidation sites excluding steroid dienone is 6. The highest BCUT2D eigenvalue weighted by molar-refractivity contribution is 9.10. The molecule has 0 heterocycles. The molecule has 0 N–H and O–H groups in total. The molecular weight excluding hydrogens is 428 g/mol. The number of aldehydes is 1. The molecule has 28 heavy (non-hydrogen) atoms. The average molecular weight is 447 g/mol. The van der Waals surface area contributed by atoms with Gasteiger partial charge in [0.15, 0.2) is 6.29 Å². The number of halogens is 1. The van der Waals surface area contributed by atoms with Gasteiger partial charge in [-0.25, -0.2) is 0 Å². The van der Waals surface area contributed by atoms with Crippen LogP contribution in [0.5, 0.6) is 0 Å². The van der Waals surface area contributed by atoms with Crippen LogP contribution in [0.25, 0.3) is 11.1 Å². The van der Waals surface area contributed by atoms with Crippen LogP contribution < -0.4 is 0 Å². The maximum absolute atomic E-state index is 11.6. The van der Waals surface area contributed by atoms with Gasteiger partial charge >= 0.3 is 0 Å². The van der Waals surface area contributed by atoms with E-state index in [-0.39, 0.29) is 11.2 Å². The monoisotopic (exact) mass is 446 g/mol.